The molecule has 0 aromatic carbocycles. The number of carbonyl (C=O) groups excluding carboxylic acids is 1. The minimum atomic E-state index is -0.940. The monoisotopic (exact) mass is 227 g/mol. The number of hydrogen-bond acceptors (Lipinski definition) is 5. The van der Waals surface area contributed by atoms with E-state index in [2.05, 4.69) is 11.3 Å². The van der Waals surface area contributed by atoms with E-state index in [4.69, 9.17) is 0 Å². The largest absolute Gasteiger partial charge is 0.440 e. The summed E-state index contributed by atoms with van der Waals surface area (Å²) in [7, 11) is 1.19. The van der Waals surface area contributed by atoms with Crippen molar-refractivity contribution in [3.63, 3.8) is 0 Å². The Morgan fingerprint density at radius 3 is 2.62 bits per heavy atom. The van der Waals surface area contributed by atoms with Crippen molar-refractivity contribution < 1.29 is 9.53 Å². The van der Waals surface area contributed by atoms with Gasteiger partial charge in [0.25, 0.3) is 0 Å². The molecule has 8 nitrogen and oxygen atoms in total. The van der Waals surface area contributed by atoms with Crippen LogP contribution in [0.5, 0.6) is 0 Å². The third-order valence-electron chi connectivity index (χ3n) is 1.78. The first kappa shape index (κ1) is 11.7. The van der Waals surface area contributed by atoms with Crippen molar-refractivity contribution >= 4 is 5.97 Å². The molecule has 0 aliphatic heterocycles. The molecule has 8 heteroatoms. The van der Waals surface area contributed by atoms with E-state index in [1.807, 2.05) is 4.98 Å². The molecule has 0 unspecified atom stereocenters. The fraction of sp³-hybridized carbons (Fsp3) is 0.250. The maximum atomic E-state index is 11.4. The van der Waals surface area contributed by atoms with Crippen molar-refractivity contribution in [3.8, 4) is 0 Å². The van der Waals surface area contributed by atoms with E-state index in [0.29, 0.717) is 9.13 Å². The molecule has 0 aliphatic rings. The molecule has 1 heterocycles. The molecule has 1 rings (SSSR count). The van der Waals surface area contributed by atoms with E-state index in [-0.39, 0.29) is 0 Å². The number of nitrogens with one attached hydrogen (secondary N) is 1. The van der Waals surface area contributed by atoms with Gasteiger partial charge < -0.3 is 4.74 Å². The summed E-state index contributed by atoms with van der Waals surface area (Å²) in [6, 6.07) is 0. The first-order valence-corrected chi connectivity index (χ1v) is 4.16. The molecule has 1 aromatic rings. The van der Waals surface area contributed by atoms with Crippen LogP contribution in [0, 0.1) is 0 Å². The van der Waals surface area contributed by atoms with E-state index in [0.717, 1.165) is 6.08 Å². The Bertz CT molecular complexity index is 591. The lowest BCUT2D eigenvalue weighted by molar-refractivity contribution is -0.141. The van der Waals surface area contributed by atoms with Gasteiger partial charge >= 0.3 is 23.0 Å². The van der Waals surface area contributed by atoms with E-state index >= 15 is 0 Å². The number of hydrogen-bond donors (Lipinski definition) is 1. The molecule has 1 N–H and O–H groups in total. The molecule has 86 valence electrons. The zero-order chi connectivity index (χ0) is 12.3. The molecule has 0 radical (unpaired) electrons. The van der Waals surface area contributed by atoms with E-state index < -0.39 is 29.8 Å². The van der Waals surface area contributed by atoms with Crippen molar-refractivity contribution in [1.82, 2.24) is 14.1 Å². The Morgan fingerprint density at radius 1 is 1.44 bits per heavy atom. The summed E-state index contributed by atoms with van der Waals surface area (Å²) in [5.74, 6) is -0.778. The summed E-state index contributed by atoms with van der Waals surface area (Å²) >= 11 is 0. The summed E-state index contributed by atoms with van der Waals surface area (Å²) in [4.78, 5) is 46.2. The molecule has 0 bridgehead atoms. The van der Waals surface area contributed by atoms with Crippen molar-refractivity contribution in [2.75, 3.05) is 0 Å². The topological polar surface area (TPSA) is 103 Å². The normalized spacial score (nSPS) is 9.81. The number of rotatable bonds is 3. The molecule has 0 fully saturated rings. The lowest BCUT2D eigenvalue weighted by atomic mass is 10.7. The van der Waals surface area contributed by atoms with Gasteiger partial charge in [0, 0.05) is 13.1 Å². The fourth-order valence-corrected chi connectivity index (χ4v) is 0.899. The zero-order valence-corrected chi connectivity index (χ0v) is 8.43. The maximum absolute atomic E-state index is 11.4. The second-order valence-electron chi connectivity index (χ2n) is 2.80. The van der Waals surface area contributed by atoms with E-state index in [1.54, 1.807) is 0 Å². The third-order valence-corrected chi connectivity index (χ3v) is 1.78. The van der Waals surface area contributed by atoms with Crippen LogP contribution in [0.1, 0.15) is 0 Å². The second-order valence-corrected chi connectivity index (χ2v) is 2.80. The summed E-state index contributed by atoms with van der Waals surface area (Å²) < 4.78 is 5.76. The van der Waals surface area contributed by atoms with Crippen molar-refractivity contribution in [1.29, 1.82) is 0 Å². The minimum absolute atomic E-state index is 0.572. The van der Waals surface area contributed by atoms with E-state index in [9.17, 15) is 19.2 Å². The van der Waals surface area contributed by atoms with Gasteiger partial charge in [-0.05, 0) is 0 Å². The molecule has 0 spiro atoms. The number of nitrogens with zero attached hydrogens (tertiary/aromatic N) is 2. The number of esters is 1. The highest BCUT2D eigenvalue weighted by Gasteiger charge is 2.07. The van der Waals surface area contributed by atoms with Crippen molar-refractivity contribution in [2.24, 2.45) is 7.05 Å². The number of ether oxygens (including phenoxy) is 1. The Balaban J connectivity index is 3.16. The van der Waals surface area contributed by atoms with Gasteiger partial charge in [0.05, 0.1) is 0 Å². The minimum Gasteiger partial charge on any atom is -0.440 e. The van der Waals surface area contributed by atoms with Crippen molar-refractivity contribution in [3.05, 3.63) is 44.1 Å². The first-order chi connectivity index (χ1) is 7.47. The summed E-state index contributed by atoms with van der Waals surface area (Å²) in [6.45, 7) is 2.57. The predicted molar refractivity (Wildman–Crippen MR) is 52.9 cm³/mol. The van der Waals surface area contributed by atoms with Crippen LogP contribution < -0.4 is 17.1 Å². The van der Waals surface area contributed by atoms with Crippen molar-refractivity contribution in [2.45, 2.75) is 6.73 Å². The summed E-state index contributed by atoms with van der Waals surface area (Å²) in [6.07, 6.45) is 0.890. The Hall–Kier alpha value is -2.38. The quantitative estimate of drug-likeness (QED) is 0.471. The zero-order valence-electron chi connectivity index (χ0n) is 8.43. The Labute approximate surface area is 88.4 Å². The van der Waals surface area contributed by atoms with Gasteiger partial charge in [-0.25, -0.2) is 28.3 Å². The lowest BCUT2D eigenvalue weighted by Gasteiger charge is -2.05. The van der Waals surface area contributed by atoms with Crippen LogP contribution in [0.25, 0.3) is 0 Å². The second kappa shape index (κ2) is 4.43. The average Bonchev–Trinajstić information content (AvgIpc) is 2.25. The first-order valence-electron chi connectivity index (χ1n) is 4.16. The molecular formula is C8H9N3O5. The van der Waals surface area contributed by atoms with Gasteiger partial charge in [-0.1, -0.05) is 6.58 Å². The Kier molecular flexibility index (Phi) is 3.24. The molecule has 1 aromatic heterocycles. The van der Waals surface area contributed by atoms with Gasteiger partial charge in [-0.15, -0.1) is 0 Å². The van der Waals surface area contributed by atoms with E-state index in [1.165, 1.54) is 7.05 Å². The molecule has 0 saturated heterocycles. The van der Waals surface area contributed by atoms with Crippen LogP contribution in [0.2, 0.25) is 0 Å². The Morgan fingerprint density at radius 2 is 2.06 bits per heavy atom. The van der Waals surface area contributed by atoms with Crippen LogP contribution in [0.4, 0.5) is 0 Å². The predicted octanol–water partition coefficient (Wildman–Crippen LogP) is -2.08. The van der Waals surface area contributed by atoms with Crippen LogP contribution in [-0.2, 0) is 23.3 Å². The van der Waals surface area contributed by atoms with Gasteiger partial charge in [0.2, 0.25) is 0 Å². The van der Waals surface area contributed by atoms with Crippen LogP contribution in [0.15, 0.2) is 27.0 Å². The molecule has 0 amide bonds. The molecular weight excluding hydrogens is 218 g/mol. The summed E-state index contributed by atoms with van der Waals surface area (Å²) in [5.41, 5.74) is -2.64. The highest BCUT2D eigenvalue weighted by atomic mass is 16.5. The van der Waals surface area contributed by atoms with Crippen LogP contribution >= 0.6 is 0 Å². The van der Waals surface area contributed by atoms with Crippen LogP contribution in [0.3, 0.4) is 0 Å². The highest BCUT2D eigenvalue weighted by Crippen LogP contribution is 1.80. The van der Waals surface area contributed by atoms with Gasteiger partial charge in [0.15, 0.2) is 6.73 Å². The summed E-state index contributed by atoms with van der Waals surface area (Å²) in [5, 5.41) is 0. The highest BCUT2D eigenvalue weighted by molar-refractivity contribution is 5.80. The van der Waals surface area contributed by atoms with Gasteiger partial charge in [-0.3, -0.25) is 4.98 Å². The molecule has 0 atom stereocenters. The van der Waals surface area contributed by atoms with Gasteiger partial charge in [-0.2, -0.15) is 0 Å². The SMILES string of the molecule is C=CC(=O)OCn1c(=O)[nH]c(=O)n(C)c1=O. The van der Waals surface area contributed by atoms with Crippen LogP contribution in [-0.4, -0.2) is 20.1 Å². The fourth-order valence-electron chi connectivity index (χ4n) is 0.899. The molecule has 0 aliphatic carbocycles. The smallest absolute Gasteiger partial charge is 0.338 e. The lowest BCUT2D eigenvalue weighted by Crippen LogP contribution is -2.48. The molecule has 16 heavy (non-hydrogen) atoms. The maximum Gasteiger partial charge on any atom is 0.338 e. The number of H-pyrrole nitrogens is 1. The average molecular weight is 227 g/mol. The standard InChI is InChI=1S/C8H9N3O5/c1-3-5(12)16-4-11-7(14)9-6(13)10(2)8(11)15/h3H,1,4H2,2H3,(H,9,13,14). The number of carbonyl (C=O) groups is 1. The van der Waals surface area contributed by atoms with Gasteiger partial charge in [0.1, 0.15) is 0 Å². The number of aromatic nitrogens is 3. The molecule has 0 saturated carbocycles. The third kappa shape index (κ3) is 2.16. The number of aromatic amines is 1.